The van der Waals surface area contributed by atoms with Crippen molar-refractivity contribution in [3.63, 3.8) is 0 Å². The van der Waals surface area contributed by atoms with Gasteiger partial charge >= 0.3 is 50.2 Å². The quantitative estimate of drug-likeness (QED) is 0.190. The Morgan fingerprint density at radius 1 is 0.579 bits per heavy atom. The van der Waals surface area contributed by atoms with Crippen LogP contribution >= 0.6 is 31.3 Å². The van der Waals surface area contributed by atoms with Crippen LogP contribution in [-0.2, 0) is 31.2 Å². The maximum Gasteiger partial charge on any atom is 0 e. The first-order valence-electron chi connectivity index (χ1n) is 3.03. The van der Waals surface area contributed by atoms with Gasteiger partial charge in [-0.15, -0.1) is 0 Å². The van der Waals surface area contributed by atoms with Crippen molar-refractivity contribution in [3.8, 4) is 0 Å². The van der Waals surface area contributed by atoms with Crippen molar-refractivity contribution in [2.24, 2.45) is 0 Å². The van der Waals surface area contributed by atoms with Crippen molar-refractivity contribution < 1.29 is 101 Å². The van der Waals surface area contributed by atoms with Crippen LogP contribution in [0.3, 0.4) is 0 Å². The summed E-state index contributed by atoms with van der Waals surface area (Å²) in [6.45, 7) is 0. The molecule has 0 aliphatic heterocycles. The van der Waals surface area contributed by atoms with Crippen LogP contribution in [0.1, 0.15) is 0 Å². The van der Waals surface area contributed by atoms with Gasteiger partial charge in [-0.25, -0.2) is 18.3 Å². The summed E-state index contributed by atoms with van der Waals surface area (Å²) in [7, 11) is -22.6. The van der Waals surface area contributed by atoms with E-state index in [0.29, 0.717) is 0 Å². The monoisotopic (exact) mass is 488 g/mol. The Morgan fingerprint density at radius 2 is 0.789 bits per heavy atom. The fraction of sp³-hybridized carbons (Fsp3) is 0. The topological polar surface area (TPSA) is 217 Å². The molecule has 2 unspecified atom stereocenters. The SMILES string of the molecule is O=P(O)(O)OP(=O)(O)OP(=O)(O)OP(=O)(O)O.[LiH].[Nd]. The van der Waals surface area contributed by atoms with Crippen molar-refractivity contribution >= 4 is 50.2 Å². The van der Waals surface area contributed by atoms with Crippen LogP contribution in [-0.4, -0.2) is 48.2 Å². The molecule has 0 rings (SSSR count). The molecule has 0 aliphatic carbocycles. The summed E-state index contributed by atoms with van der Waals surface area (Å²) in [5.41, 5.74) is 0. The molecule has 0 heterocycles. The van der Waals surface area contributed by atoms with Crippen LogP contribution in [0.2, 0.25) is 0 Å². The van der Waals surface area contributed by atoms with E-state index in [1.807, 2.05) is 0 Å². The molecule has 13 nitrogen and oxygen atoms in total. The summed E-state index contributed by atoms with van der Waals surface area (Å²) >= 11 is 0. The molecule has 19 heteroatoms. The van der Waals surface area contributed by atoms with E-state index in [2.05, 4.69) is 12.9 Å². The minimum atomic E-state index is -5.77. The van der Waals surface area contributed by atoms with Gasteiger partial charge in [0.1, 0.15) is 0 Å². The third kappa shape index (κ3) is 16.7. The van der Waals surface area contributed by atoms with Crippen LogP contribution in [0.25, 0.3) is 0 Å². The van der Waals surface area contributed by atoms with Gasteiger partial charge in [-0.2, -0.15) is 12.9 Å². The minimum Gasteiger partial charge on any atom is 0 e. The Labute approximate surface area is 150 Å². The average molecular weight is 490 g/mol. The average Bonchev–Trinajstić information content (AvgIpc) is 1.65. The van der Waals surface area contributed by atoms with Gasteiger partial charge in [-0.05, 0) is 0 Å². The summed E-state index contributed by atoms with van der Waals surface area (Å²) in [6, 6.07) is 0. The molecule has 110 valence electrons. The molecule has 19 heavy (non-hydrogen) atoms. The molecule has 0 spiro atoms. The second-order valence-electron chi connectivity index (χ2n) is 2.16. The van der Waals surface area contributed by atoms with Crippen LogP contribution < -0.4 is 0 Å². The van der Waals surface area contributed by atoms with Gasteiger partial charge in [-0.3, -0.25) is 0 Å². The van der Waals surface area contributed by atoms with Gasteiger partial charge in [0.2, 0.25) is 0 Å². The summed E-state index contributed by atoms with van der Waals surface area (Å²) in [5.74, 6) is 0. The Balaban J connectivity index is -0.00000128. The van der Waals surface area contributed by atoms with E-state index in [1.165, 1.54) is 0 Å². The van der Waals surface area contributed by atoms with Gasteiger partial charge in [-0.1, -0.05) is 0 Å². The molecule has 0 saturated carbocycles. The molecular formula is H7LiNdO13P4. The van der Waals surface area contributed by atoms with Crippen LogP contribution in [0.15, 0.2) is 0 Å². The molecule has 0 amide bonds. The first-order valence-corrected chi connectivity index (χ1v) is 9.08. The third-order valence-corrected chi connectivity index (χ3v) is 5.63. The Kier molecular flexibility index (Phi) is 12.5. The van der Waals surface area contributed by atoms with E-state index in [1.54, 1.807) is 0 Å². The van der Waals surface area contributed by atoms with Gasteiger partial charge in [0.05, 0.1) is 0 Å². The molecule has 0 saturated heterocycles. The molecule has 0 bridgehead atoms. The van der Waals surface area contributed by atoms with E-state index in [-0.39, 0.29) is 59.7 Å². The van der Waals surface area contributed by atoms with E-state index < -0.39 is 31.3 Å². The predicted octanol–water partition coefficient (Wildman–Crippen LogP) is -1.23. The zero-order valence-corrected chi connectivity index (χ0v) is 14.6. The molecule has 0 aromatic rings. The zero-order valence-electron chi connectivity index (χ0n) is 7.83. The number of hydrogen-bond acceptors (Lipinski definition) is 7. The predicted molar refractivity (Wildman–Crippen MR) is 54.1 cm³/mol. The first kappa shape index (κ1) is 26.4. The zero-order chi connectivity index (χ0) is 14.1. The third-order valence-electron chi connectivity index (χ3n) is 0.625. The van der Waals surface area contributed by atoms with E-state index >= 15 is 0 Å². The van der Waals surface area contributed by atoms with E-state index in [4.69, 9.17) is 29.4 Å². The fourth-order valence-corrected chi connectivity index (χ4v) is 4.40. The van der Waals surface area contributed by atoms with Crippen molar-refractivity contribution in [1.82, 2.24) is 0 Å². The van der Waals surface area contributed by atoms with Crippen molar-refractivity contribution in [3.05, 3.63) is 0 Å². The Hall–Kier alpha value is 2.51. The van der Waals surface area contributed by atoms with Crippen LogP contribution in [0.4, 0.5) is 0 Å². The fourth-order valence-electron chi connectivity index (χ4n) is 0.429. The number of hydrogen-bond donors (Lipinski definition) is 6. The molecule has 0 aromatic carbocycles. The molecule has 0 aliphatic rings. The smallest absolute Gasteiger partial charge is 0 e. The van der Waals surface area contributed by atoms with Crippen molar-refractivity contribution in [2.75, 3.05) is 0 Å². The maximum absolute atomic E-state index is 10.7. The largest absolute Gasteiger partial charge is 0 e. The van der Waals surface area contributed by atoms with Gasteiger partial charge in [0, 0.05) is 40.8 Å². The van der Waals surface area contributed by atoms with E-state index in [9.17, 15) is 18.3 Å². The van der Waals surface area contributed by atoms with Crippen molar-refractivity contribution in [2.45, 2.75) is 0 Å². The van der Waals surface area contributed by atoms with Gasteiger partial charge in [0.25, 0.3) is 0 Å². The Bertz CT molecular complexity index is 413. The van der Waals surface area contributed by atoms with Crippen LogP contribution in [0.5, 0.6) is 0 Å². The van der Waals surface area contributed by atoms with Crippen LogP contribution in [0, 0.1) is 40.8 Å². The molecule has 2 atom stereocenters. The Morgan fingerprint density at radius 3 is 0.947 bits per heavy atom. The second kappa shape index (κ2) is 8.96. The summed E-state index contributed by atoms with van der Waals surface area (Å²) in [5, 5.41) is 0. The second-order valence-corrected chi connectivity index (χ2v) is 7.96. The normalized spacial score (nSPS) is 18.4. The number of phosphoric acid groups is 4. The summed E-state index contributed by atoms with van der Waals surface area (Å²) in [4.78, 5) is 49.4. The molecule has 0 aromatic heterocycles. The van der Waals surface area contributed by atoms with Gasteiger partial charge in [0.15, 0.2) is 0 Å². The van der Waals surface area contributed by atoms with Gasteiger partial charge < -0.3 is 29.4 Å². The summed E-state index contributed by atoms with van der Waals surface area (Å²) < 4.78 is 50.9. The number of rotatable bonds is 6. The van der Waals surface area contributed by atoms with Crippen molar-refractivity contribution in [1.29, 1.82) is 0 Å². The molecule has 6 N–H and O–H groups in total. The minimum absolute atomic E-state index is 0. The van der Waals surface area contributed by atoms with E-state index in [0.717, 1.165) is 0 Å². The molecular weight excluding hydrogens is 483 g/mol. The standard InChI is InChI=1S/Li.Nd.H6O13P4.H/c;;1-14(2,3)11-16(7,8)13-17(9,10)12-15(4,5)6;/h;;(H,7,8)(H,9,10)(H2,1,2,3)(H2,4,5,6);. The molecule has 0 fully saturated rings. The molecule has 0 radical (unpaired) electrons. The maximum atomic E-state index is 10.7. The first-order chi connectivity index (χ1) is 7.12. The summed E-state index contributed by atoms with van der Waals surface area (Å²) in [6.07, 6.45) is 0.